The van der Waals surface area contributed by atoms with Crippen molar-refractivity contribution in [3.63, 3.8) is 0 Å². The molecule has 1 aliphatic heterocycles. The molecule has 24 heavy (non-hydrogen) atoms. The molecule has 1 aliphatic rings. The third-order valence-electron chi connectivity index (χ3n) is 4.24. The largest absolute Gasteiger partial charge is 0.406 e. The monoisotopic (exact) mass is 342 g/mol. The summed E-state index contributed by atoms with van der Waals surface area (Å²) in [4.78, 5) is 24.5. The number of rotatable bonds is 6. The number of likely N-dealkylation sites (tertiary alicyclic amines) is 1. The molecule has 4 nitrogen and oxygen atoms in total. The van der Waals surface area contributed by atoms with Gasteiger partial charge in [0.15, 0.2) is 0 Å². The quantitative estimate of drug-likeness (QED) is 0.864. The third-order valence-corrected chi connectivity index (χ3v) is 4.24. The zero-order valence-electron chi connectivity index (χ0n) is 13.5. The summed E-state index contributed by atoms with van der Waals surface area (Å²) in [5.74, 6) is -1.56. The molecule has 0 aromatic heterocycles. The minimum absolute atomic E-state index is 0.138. The zero-order chi connectivity index (χ0) is 17.7. The molecule has 2 amide bonds. The Morgan fingerprint density at radius 2 is 2.00 bits per heavy atom. The molecule has 0 bridgehead atoms. The Hall–Kier alpha value is -2.05. The van der Waals surface area contributed by atoms with Crippen LogP contribution in [0, 0.1) is 5.92 Å². The van der Waals surface area contributed by atoms with E-state index in [1.165, 1.54) is 0 Å². The van der Waals surface area contributed by atoms with Crippen LogP contribution in [-0.4, -0.2) is 42.5 Å². The van der Waals surface area contributed by atoms with Gasteiger partial charge in [0.25, 0.3) is 0 Å². The highest BCUT2D eigenvalue weighted by atomic mass is 19.4. The van der Waals surface area contributed by atoms with E-state index in [0.717, 1.165) is 12.0 Å². The van der Waals surface area contributed by atoms with Gasteiger partial charge in [-0.1, -0.05) is 37.3 Å². The molecular formula is C17H21F3N2O2. The van der Waals surface area contributed by atoms with Crippen molar-refractivity contribution in [2.75, 3.05) is 19.6 Å². The second-order valence-electron chi connectivity index (χ2n) is 6.05. The number of amides is 2. The first-order valence-corrected chi connectivity index (χ1v) is 7.97. The van der Waals surface area contributed by atoms with Crippen molar-refractivity contribution in [1.82, 2.24) is 10.2 Å². The maximum absolute atomic E-state index is 12.4. The van der Waals surface area contributed by atoms with Gasteiger partial charge >= 0.3 is 6.18 Å². The van der Waals surface area contributed by atoms with Crippen LogP contribution >= 0.6 is 0 Å². The van der Waals surface area contributed by atoms with Crippen LogP contribution in [0.1, 0.15) is 31.2 Å². The Morgan fingerprint density at radius 1 is 1.33 bits per heavy atom. The number of hydrogen-bond donors (Lipinski definition) is 1. The minimum Gasteiger partial charge on any atom is -0.355 e. The van der Waals surface area contributed by atoms with Gasteiger partial charge in [0.05, 0.1) is 5.92 Å². The van der Waals surface area contributed by atoms with E-state index in [4.69, 9.17) is 0 Å². The molecule has 2 unspecified atom stereocenters. The average Bonchev–Trinajstić information content (AvgIpc) is 2.88. The SMILES string of the molecule is CCC(CNC(=O)C1CC(=O)N(CC(F)(F)F)C1)c1ccccc1. The maximum atomic E-state index is 12.4. The number of nitrogens with one attached hydrogen (secondary N) is 1. The first-order chi connectivity index (χ1) is 11.3. The molecule has 7 heteroatoms. The van der Waals surface area contributed by atoms with E-state index in [1.54, 1.807) is 0 Å². The number of nitrogens with zero attached hydrogens (tertiary/aromatic N) is 1. The second-order valence-corrected chi connectivity index (χ2v) is 6.05. The van der Waals surface area contributed by atoms with Crippen LogP contribution in [0.4, 0.5) is 13.2 Å². The van der Waals surface area contributed by atoms with Crippen molar-refractivity contribution in [3.8, 4) is 0 Å². The van der Waals surface area contributed by atoms with E-state index in [0.29, 0.717) is 11.4 Å². The average molecular weight is 342 g/mol. The Labute approximate surface area is 139 Å². The lowest BCUT2D eigenvalue weighted by Gasteiger charge is -2.19. The number of benzene rings is 1. The highest BCUT2D eigenvalue weighted by Gasteiger charge is 2.40. The zero-order valence-corrected chi connectivity index (χ0v) is 13.5. The molecule has 0 saturated carbocycles. The Balaban J connectivity index is 1.88. The summed E-state index contributed by atoms with van der Waals surface area (Å²) < 4.78 is 37.2. The molecule has 1 saturated heterocycles. The molecule has 1 N–H and O–H groups in total. The van der Waals surface area contributed by atoms with Crippen molar-refractivity contribution in [3.05, 3.63) is 35.9 Å². The molecule has 0 spiro atoms. The number of alkyl halides is 3. The van der Waals surface area contributed by atoms with Gasteiger partial charge in [-0.25, -0.2) is 0 Å². The Bertz CT molecular complexity index is 575. The summed E-state index contributed by atoms with van der Waals surface area (Å²) in [6.07, 6.45) is -3.78. The van der Waals surface area contributed by atoms with Gasteiger partial charge in [-0.3, -0.25) is 9.59 Å². The Morgan fingerprint density at radius 3 is 2.58 bits per heavy atom. The summed E-state index contributed by atoms with van der Waals surface area (Å²) in [5.41, 5.74) is 1.10. The van der Waals surface area contributed by atoms with E-state index in [-0.39, 0.29) is 24.8 Å². The fourth-order valence-corrected chi connectivity index (χ4v) is 2.91. The van der Waals surface area contributed by atoms with Crippen LogP contribution in [0.3, 0.4) is 0 Å². The fraction of sp³-hybridized carbons (Fsp3) is 0.529. The lowest BCUT2D eigenvalue weighted by atomic mass is 9.96. The number of carbonyl (C=O) groups excluding carboxylic acids is 2. The van der Waals surface area contributed by atoms with Gasteiger partial charge in [0, 0.05) is 25.4 Å². The van der Waals surface area contributed by atoms with E-state index >= 15 is 0 Å². The molecule has 2 rings (SSSR count). The summed E-state index contributed by atoms with van der Waals surface area (Å²) in [6, 6.07) is 9.71. The van der Waals surface area contributed by atoms with E-state index in [9.17, 15) is 22.8 Å². The lowest BCUT2D eigenvalue weighted by molar-refractivity contribution is -0.157. The third kappa shape index (κ3) is 4.97. The number of hydrogen-bond acceptors (Lipinski definition) is 2. The molecule has 1 heterocycles. The molecular weight excluding hydrogens is 321 g/mol. The van der Waals surface area contributed by atoms with Crippen LogP contribution in [0.15, 0.2) is 30.3 Å². The van der Waals surface area contributed by atoms with Gasteiger partial charge < -0.3 is 10.2 Å². The van der Waals surface area contributed by atoms with Crippen LogP contribution < -0.4 is 5.32 Å². The van der Waals surface area contributed by atoms with Crippen molar-refractivity contribution in [2.24, 2.45) is 5.92 Å². The van der Waals surface area contributed by atoms with Crippen LogP contribution in [-0.2, 0) is 9.59 Å². The highest BCUT2D eigenvalue weighted by Crippen LogP contribution is 2.24. The molecule has 2 atom stereocenters. The molecule has 1 aromatic carbocycles. The highest BCUT2D eigenvalue weighted by molar-refractivity contribution is 5.89. The van der Waals surface area contributed by atoms with Crippen LogP contribution in [0.25, 0.3) is 0 Å². The molecule has 1 fully saturated rings. The van der Waals surface area contributed by atoms with Gasteiger partial charge in [0.2, 0.25) is 11.8 Å². The smallest absolute Gasteiger partial charge is 0.355 e. The van der Waals surface area contributed by atoms with Crippen molar-refractivity contribution in [1.29, 1.82) is 0 Å². The van der Waals surface area contributed by atoms with Gasteiger partial charge in [-0.2, -0.15) is 13.2 Å². The normalized spacial score (nSPS) is 19.4. The van der Waals surface area contributed by atoms with Crippen LogP contribution in [0.5, 0.6) is 0 Å². The van der Waals surface area contributed by atoms with Gasteiger partial charge in [-0.15, -0.1) is 0 Å². The first-order valence-electron chi connectivity index (χ1n) is 7.97. The van der Waals surface area contributed by atoms with Crippen molar-refractivity contribution < 1.29 is 22.8 Å². The first kappa shape index (κ1) is 18.3. The molecule has 0 aliphatic carbocycles. The molecule has 0 radical (unpaired) electrons. The summed E-state index contributed by atoms with van der Waals surface area (Å²) in [6.45, 7) is 0.945. The molecule has 132 valence electrons. The fourth-order valence-electron chi connectivity index (χ4n) is 2.91. The predicted octanol–water partition coefficient (Wildman–Crippen LogP) is 2.71. The van der Waals surface area contributed by atoms with E-state index in [1.807, 2.05) is 37.3 Å². The maximum Gasteiger partial charge on any atom is 0.406 e. The second kappa shape index (κ2) is 7.68. The molecule has 1 aromatic rings. The topological polar surface area (TPSA) is 49.4 Å². The van der Waals surface area contributed by atoms with E-state index < -0.39 is 24.5 Å². The van der Waals surface area contributed by atoms with E-state index in [2.05, 4.69) is 5.32 Å². The van der Waals surface area contributed by atoms with Gasteiger partial charge in [-0.05, 0) is 12.0 Å². The number of halogens is 3. The van der Waals surface area contributed by atoms with Crippen molar-refractivity contribution >= 4 is 11.8 Å². The summed E-state index contributed by atoms with van der Waals surface area (Å²) >= 11 is 0. The minimum atomic E-state index is -4.44. The Kier molecular flexibility index (Phi) is 5.85. The summed E-state index contributed by atoms with van der Waals surface area (Å²) in [5, 5.41) is 2.78. The predicted molar refractivity (Wildman–Crippen MR) is 83.2 cm³/mol. The van der Waals surface area contributed by atoms with Gasteiger partial charge in [0.1, 0.15) is 6.54 Å². The standard InChI is InChI=1S/C17H21F3N2O2/c1-2-12(13-6-4-3-5-7-13)9-21-16(24)14-8-15(23)22(10-14)11-17(18,19)20/h3-7,12,14H,2,8-11H2,1H3,(H,21,24). The number of carbonyl (C=O) groups is 2. The van der Waals surface area contributed by atoms with Crippen LogP contribution in [0.2, 0.25) is 0 Å². The summed E-state index contributed by atoms with van der Waals surface area (Å²) in [7, 11) is 0. The lowest BCUT2D eigenvalue weighted by Crippen LogP contribution is -2.38. The van der Waals surface area contributed by atoms with Crippen molar-refractivity contribution in [2.45, 2.75) is 31.9 Å².